The number of rotatable bonds is 6. The fraction of sp³-hybridized carbons (Fsp3) is 0.400. The minimum atomic E-state index is 0.0365. The summed E-state index contributed by atoms with van der Waals surface area (Å²) in [6.07, 6.45) is 3.88. The molecule has 2 atom stereocenters. The van der Waals surface area contributed by atoms with Crippen LogP contribution in [0.2, 0.25) is 0 Å². The molecule has 0 bridgehead atoms. The van der Waals surface area contributed by atoms with Crippen LogP contribution in [0.4, 0.5) is 0 Å². The quantitative estimate of drug-likeness (QED) is 0.388. The molecule has 21 heavy (non-hydrogen) atoms. The first kappa shape index (κ1) is 16.9. The van der Waals surface area contributed by atoms with Crippen molar-refractivity contribution >= 4 is 38.5 Å². The van der Waals surface area contributed by atoms with Crippen molar-refractivity contribution in [3.63, 3.8) is 0 Å². The molecule has 2 rings (SSSR count). The zero-order chi connectivity index (χ0) is 15.4. The molecule has 1 aromatic carbocycles. The predicted molar refractivity (Wildman–Crippen MR) is 97.9 cm³/mol. The Labute approximate surface area is 147 Å². The molecule has 0 saturated heterocycles. The Morgan fingerprint density at radius 1 is 1.43 bits per heavy atom. The number of aromatic nitrogens is 2. The molecule has 0 fully saturated rings. The molecular weight excluding hydrogens is 443 g/mol. The second-order valence-electron chi connectivity index (χ2n) is 5.13. The SMILES string of the molecule is CCC(C)n1ccc(CC(NN)c2cc(I)ccc2Br)n1. The van der Waals surface area contributed by atoms with Crippen molar-refractivity contribution in [2.45, 2.75) is 38.8 Å². The molecule has 0 saturated carbocycles. The van der Waals surface area contributed by atoms with Crippen LogP contribution in [0.5, 0.6) is 0 Å². The minimum Gasteiger partial charge on any atom is -0.271 e. The van der Waals surface area contributed by atoms with E-state index in [1.54, 1.807) is 0 Å². The maximum atomic E-state index is 5.76. The van der Waals surface area contributed by atoms with E-state index in [1.807, 2.05) is 10.9 Å². The molecule has 2 unspecified atom stereocenters. The molecule has 2 aromatic rings. The highest BCUT2D eigenvalue weighted by atomic mass is 127. The van der Waals surface area contributed by atoms with E-state index in [9.17, 15) is 0 Å². The maximum absolute atomic E-state index is 5.76. The number of halogens is 2. The number of hydrogen-bond donors (Lipinski definition) is 2. The third-order valence-electron chi connectivity index (χ3n) is 3.65. The summed E-state index contributed by atoms with van der Waals surface area (Å²) in [5.74, 6) is 5.76. The van der Waals surface area contributed by atoms with Gasteiger partial charge in [0.15, 0.2) is 0 Å². The summed E-state index contributed by atoms with van der Waals surface area (Å²) < 4.78 is 4.27. The van der Waals surface area contributed by atoms with Gasteiger partial charge in [-0.2, -0.15) is 5.10 Å². The Morgan fingerprint density at radius 2 is 2.19 bits per heavy atom. The van der Waals surface area contributed by atoms with Crippen LogP contribution in [0.3, 0.4) is 0 Å². The first-order valence-corrected chi connectivity index (χ1v) is 8.87. The van der Waals surface area contributed by atoms with Gasteiger partial charge in [0.25, 0.3) is 0 Å². The van der Waals surface area contributed by atoms with Gasteiger partial charge in [0.1, 0.15) is 0 Å². The average Bonchev–Trinajstić information content (AvgIpc) is 2.95. The number of hydrazine groups is 1. The van der Waals surface area contributed by atoms with E-state index in [1.165, 1.54) is 3.57 Å². The van der Waals surface area contributed by atoms with E-state index in [2.05, 4.69) is 87.2 Å². The monoisotopic (exact) mass is 462 g/mol. The molecule has 0 aliphatic carbocycles. The first-order chi connectivity index (χ1) is 10.0. The second kappa shape index (κ2) is 7.71. The Hall–Kier alpha value is -0.440. The highest BCUT2D eigenvalue weighted by Crippen LogP contribution is 2.27. The van der Waals surface area contributed by atoms with Gasteiger partial charge in [-0.1, -0.05) is 22.9 Å². The Kier molecular flexibility index (Phi) is 6.21. The van der Waals surface area contributed by atoms with Crippen LogP contribution in [-0.2, 0) is 6.42 Å². The number of nitrogens with one attached hydrogen (secondary N) is 1. The van der Waals surface area contributed by atoms with E-state index < -0.39 is 0 Å². The molecule has 0 radical (unpaired) electrons. The summed E-state index contributed by atoms with van der Waals surface area (Å²) in [6, 6.07) is 8.79. The van der Waals surface area contributed by atoms with Crippen molar-refractivity contribution in [2.24, 2.45) is 5.84 Å². The van der Waals surface area contributed by atoms with Crippen molar-refractivity contribution < 1.29 is 0 Å². The smallest absolute Gasteiger partial charge is 0.0644 e. The highest BCUT2D eigenvalue weighted by molar-refractivity contribution is 14.1. The molecule has 1 heterocycles. The molecule has 3 N–H and O–H groups in total. The molecular formula is C15H20BrIN4. The van der Waals surface area contributed by atoms with Crippen molar-refractivity contribution in [3.8, 4) is 0 Å². The summed E-state index contributed by atoms with van der Waals surface area (Å²) in [5, 5.41) is 4.65. The van der Waals surface area contributed by atoms with Gasteiger partial charge in [-0.3, -0.25) is 16.0 Å². The normalized spacial score (nSPS) is 14.1. The fourth-order valence-corrected chi connectivity index (χ4v) is 3.21. The van der Waals surface area contributed by atoms with Gasteiger partial charge in [-0.05, 0) is 65.8 Å². The molecule has 4 nitrogen and oxygen atoms in total. The number of benzene rings is 1. The maximum Gasteiger partial charge on any atom is 0.0644 e. The largest absolute Gasteiger partial charge is 0.271 e. The molecule has 0 amide bonds. The van der Waals surface area contributed by atoms with Gasteiger partial charge in [-0.25, -0.2) is 0 Å². The Bertz CT molecular complexity index is 599. The minimum absolute atomic E-state index is 0.0365. The lowest BCUT2D eigenvalue weighted by Crippen LogP contribution is -2.30. The number of hydrogen-bond acceptors (Lipinski definition) is 3. The van der Waals surface area contributed by atoms with E-state index in [0.29, 0.717) is 6.04 Å². The van der Waals surface area contributed by atoms with Gasteiger partial charge in [0, 0.05) is 26.7 Å². The van der Waals surface area contributed by atoms with Crippen LogP contribution in [0, 0.1) is 3.57 Å². The van der Waals surface area contributed by atoms with Crippen LogP contribution in [0.1, 0.15) is 43.6 Å². The molecule has 0 aliphatic heterocycles. The zero-order valence-electron chi connectivity index (χ0n) is 12.2. The van der Waals surface area contributed by atoms with Crippen LogP contribution in [-0.4, -0.2) is 9.78 Å². The summed E-state index contributed by atoms with van der Waals surface area (Å²) in [7, 11) is 0. The van der Waals surface area contributed by atoms with E-state index >= 15 is 0 Å². The first-order valence-electron chi connectivity index (χ1n) is 7.00. The number of nitrogens with two attached hydrogens (primary N) is 1. The fourth-order valence-electron chi connectivity index (χ4n) is 2.17. The van der Waals surface area contributed by atoms with E-state index in [4.69, 9.17) is 5.84 Å². The van der Waals surface area contributed by atoms with Gasteiger partial charge >= 0.3 is 0 Å². The topological polar surface area (TPSA) is 55.9 Å². The number of nitrogens with zero attached hydrogens (tertiary/aromatic N) is 2. The summed E-state index contributed by atoms with van der Waals surface area (Å²) in [4.78, 5) is 0. The third-order valence-corrected chi connectivity index (χ3v) is 5.05. The molecule has 0 spiro atoms. The molecule has 6 heteroatoms. The summed E-state index contributed by atoms with van der Waals surface area (Å²) >= 11 is 5.91. The van der Waals surface area contributed by atoms with Crippen molar-refractivity contribution in [1.29, 1.82) is 0 Å². The second-order valence-corrected chi connectivity index (χ2v) is 7.23. The lowest BCUT2D eigenvalue weighted by molar-refractivity contribution is 0.467. The van der Waals surface area contributed by atoms with E-state index in [-0.39, 0.29) is 6.04 Å². The Morgan fingerprint density at radius 3 is 2.86 bits per heavy atom. The molecule has 0 aliphatic rings. The Balaban J connectivity index is 2.19. The molecule has 114 valence electrons. The summed E-state index contributed by atoms with van der Waals surface area (Å²) in [5.41, 5.74) is 5.11. The van der Waals surface area contributed by atoms with Crippen LogP contribution in [0.15, 0.2) is 34.9 Å². The van der Waals surface area contributed by atoms with Gasteiger partial charge < -0.3 is 0 Å². The zero-order valence-corrected chi connectivity index (χ0v) is 15.9. The third kappa shape index (κ3) is 4.28. The highest BCUT2D eigenvalue weighted by Gasteiger charge is 2.16. The van der Waals surface area contributed by atoms with E-state index in [0.717, 1.165) is 28.6 Å². The van der Waals surface area contributed by atoms with Crippen molar-refractivity contribution in [1.82, 2.24) is 15.2 Å². The van der Waals surface area contributed by atoms with Crippen molar-refractivity contribution in [3.05, 3.63) is 49.8 Å². The van der Waals surface area contributed by atoms with Crippen molar-refractivity contribution in [2.75, 3.05) is 0 Å². The van der Waals surface area contributed by atoms with Gasteiger partial charge in [0.2, 0.25) is 0 Å². The van der Waals surface area contributed by atoms with Crippen LogP contribution in [0.25, 0.3) is 0 Å². The lowest BCUT2D eigenvalue weighted by Gasteiger charge is -2.17. The van der Waals surface area contributed by atoms with Crippen LogP contribution < -0.4 is 11.3 Å². The van der Waals surface area contributed by atoms with Gasteiger partial charge in [-0.15, -0.1) is 0 Å². The predicted octanol–water partition coefficient (Wildman–Crippen LogP) is 3.97. The van der Waals surface area contributed by atoms with Gasteiger partial charge in [0.05, 0.1) is 11.7 Å². The standard InChI is InChI=1S/C15H20BrIN4/c1-3-10(2)21-7-6-12(20-21)9-15(19-18)13-8-11(17)4-5-14(13)16/h4-8,10,15,19H,3,9,18H2,1-2H3. The lowest BCUT2D eigenvalue weighted by atomic mass is 10.0. The van der Waals surface area contributed by atoms with Crippen LogP contribution >= 0.6 is 38.5 Å². The molecule has 1 aromatic heterocycles. The average molecular weight is 463 g/mol. The summed E-state index contributed by atoms with van der Waals surface area (Å²) in [6.45, 7) is 4.34.